The monoisotopic (exact) mass is 412 g/mol. The topological polar surface area (TPSA) is 51.5 Å². The van der Waals surface area contributed by atoms with Crippen molar-refractivity contribution in [3.8, 4) is 0 Å². The molecule has 0 bridgehead atoms. The maximum Gasteiger partial charge on any atom is 0.170 e. The number of pyridine rings is 1. The van der Waals surface area contributed by atoms with Crippen molar-refractivity contribution in [3.05, 3.63) is 54.1 Å². The molecule has 6 nitrogen and oxygen atoms in total. The van der Waals surface area contributed by atoms with Crippen molar-refractivity contribution >= 4 is 17.3 Å². The molecule has 5 rings (SSSR count). The van der Waals surface area contributed by atoms with Gasteiger partial charge in [-0.05, 0) is 62.2 Å². The lowest BCUT2D eigenvalue weighted by Crippen LogP contribution is -2.37. The second-order valence-corrected chi connectivity index (χ2v) is 8.52. The molecule has 0 unspecified atom stereocenters. The molecule has 0 aromatic carbocycles. The van der Waals surface area contributed by atoms with Gasteiger partial charge in [0, 0.05) is 44.4 Å². The van der Waals surface area contributed by atoms with Gasteiger partial charge in [-0.25, -0.2) is 0 Å². The smallest absolute Gasteiger partial charge is 0.170 e. The van der Waals surface area contributed by atoms with Crippen LogP contribution in [0.25, 0.3) is 0 Å². The van der Waals surface area contributed by atoms with Gasteiger partial charge in [0.25, 0.3) is 0 Å². The molecule has 3 fully saturated rings. The maximum absolute atomic E-state index is 5.94. The van der Waals surface area contributed by atoms with Gasteiger partial charge in [0.2, 0.25) is 0 Å². The molecule has 1 N–H and O–H groups in total. The molecule has 2 aromatic rings. The second kappa shape index (κ2) is 8.42. The van der Waals surface area contributed by atoms with Crippen LogP contribution in [0, 0.1) is 0 Å². The second-order valence-electron chi connectivity index (χ2n) is 8.13. The fraction of sp³-hybridized carbons (Fsp3) is 0.545. The molecule has 3 saturated heterocycles. The van der Waals surface area contributed by atoms with Crippen LogP contribution in [0.1, 0.15) is 49.2 Å². The lowest BCUT2D eigenvalue weighted by molar-refractivity contribution is 0.0809. The van der Waals surface area contributed by atoms with Gasteiger partial charge in [0.05, 0.1) is 30.0 Å². The Morgan fingerprint density at radius 2 is 1.83 bits per heavy atom. The summed E-state index contributed by atoms with van der Waals surface area (Å²) < 4.78 is 14.2. The highest BCUT2D eigenvalue weighted by atomic mass is 32.1. The fourth-order valence-corrected chi connectivity index (χ4v) is 5.12. The van der Waals surface area contributed by atoms with Gasteiger partial charge in [0.15, 0.2) is 5.11 Å². The lowest BCUT2D eigenvalue weighted by atomic mass is 10.0. The zero-order chi connectivity index (χ0) is 19.6. The third kappa shape index (κ3) is 3.91. The highest BCUT2D eigenvalue weighted by Gasteiger charge is 2.42. The first-order valence-electron chi connectivity index (χ1n) is 10.7. The third-order valence-corrected chi connectivity index (χ3v) is 6.57. The fourth-order valence-electron chi connectivity index (χ4n) is 4.80. The highest BCUT2D eigenvalue weighted by molar-refractivity contribution is 7.80. The molecule has 0 spiro atoms. The van der Waals surface area contributed by atoms with Crippen molar-refractivity contribution in [2.45, 2.75) is 56.5 Å². The molecule has 3 aliphatic heterocycles. The van der Waals surface area contributed by atoms with E-state index in [1.165, 1.54) is 5.69 Å². The molecule has 5 heterocycles. The number of nitrogens with zero attached hydrogens (tertiary/aromatic N) is 3. The predicted molar refractivity (Wildman–Crippen MR) is 115 cm³/mol. The van der Waals surface area contributed by atoms with E-state index in [0.717, 1.165) is 62.8 Å². The van der Waals surface area contributed by atoms with Crippen LogP contribution in [0.4, 0.5) is 0 Å². The van der Waals surface area contributed by atoms with Gasteiger partial charge in [-0.2, -0.15) is 0 Å². The van der Waals surface area contributed by atoms with Crippen LogP contribution < -0.4 is 5.32 Å². The average molecular weight is 413 g/mol. The van der Waals surface area contributed by atoms with Crippen LogP contribution in [0.15, 0.2) is 42.7 Å². The summed E-state index contributed by atoms with van der Waals surface area (Å²) in [6, 6.07) is 10.5. The lowest BCUT2D eigenvalue weighted by Gasteiger charge is -2.31. The molecule has 7 heteroatoms. The van der Waals surface area contributed by atoms with E-state index in [0.29, 0.717) is 6.10 Å². The molecule has 154 valence electrons. The summed E-state index contributed by atoms with van der Waals surface area (Å²) in [7, 11) is 0. The Labute approximate surface area is 177 Å². The Hall–Kier alpha value is -1.96. The normalized spacial score (nSPS) is 29.5. The Morgan fingerprint density at radius 1 is 1.03 bits per heavy atom. The van der Waals surface area contributed by atoms with E-state index in [1.54, 1.807) is 0 Å². The Balaban J connectivity index is 1.47. The molecule has 0 saturated carbocycles. The van der Waals surface area contributed by atoms with Gasteiger partial charge < -0.3 is 24.3 Å². The summed E-state index contributed by atoms with van der Waals surface area (Å²) in [6.45, 7) is 3.42. The van der Waals surface area contributed by atoms with E-state index in [-0.39, 0.29) is 18.2 Å². The van der Waals surface area contributed by atoms with E-state index in [2.05, 4.69) is 44.2 Å². The Kier molecular flexibility index (Phi) is 5.52. The molecule has 2 aromatic heterocycles. The molecule has 3 aliphatic rings. The van der Waals surface area contributed by atoms with Crippen molar-refractivity contribution in [2.24, 2.45) is 0 Å². The quantitative estimate of drug-likeness (QED) is 0.736. The summed E-state index contributed by atoms with van der Waals surface area (Å²) >= 11 is 5.79. The van der Waals surface area contributed by atoms with Crippen LogP contribution in [0.5, 0.6) is 0 Å². The molecule has 29 heavy (non-hydrogen) atoms. The van der Waals surface area contributed by atoms with Crippen molar-refractivity contribution in [1.29, 1.82) is 0 Å². The highest BCUT2D eigenvalue weighted by Crippen LogP contribution is 2.39. The van der Waals surface area contributed by atoms with Crippen molar-refractivity contribution in [1.82, 2.24) is 19.8 Å². The molecule has 4 atom stereocenters. The third-order valence-electron chi connectivity index (χ3n) is 6.21. The predicted octanol–water partition coefficient (Wildman–Crippen LogP) is 3.21. The Bertz CT molecular complexity index is 830. The van der Waals surface area contributed by atoms with Crippen LogP contribution in [-0.4, -0.2) is 51.5 Å². The first-order chi connectivity index (χ1) is 14.3. The Morgan fingerprint density at radius 3 is 2.52 bits per heavy atom. The zero-order valence-corrected chi connectivity index (χ0v) is 17.4. The van der Waals surface area contributed by atoms with Crippen LogP contribution in [-0.2, 0) is 16.0 Å². The van der Waals surface area contributed by atoms with Crippen molar-refractivity contribution in [2.75, 3.05) is 19.8 Å². The number of ether oxygens (including phenoxy) is 2. The average Bonchev–Trinajstić information content (AvgIpc) is 3.53. The van der Waals surface area contributed by atoms with Gasteiger partial charge in [-0.3, -0.25) is 4.98 Å². The number of hydrogen-bond acceptors (Lipinski definition) is 4. The van der Waals surface area contributed by atoms with Crippen LogP contribution in [0.3, 0.4) is 0 Å². The summed E-state index contributed by atoms with van der Waals surface area (Å²) in [5.74, 6) is 0. The molecule has 0 amide bonds. The molecular weight excluding hydrogens is 384 g/mol. The summed E-state index contributed by atoms with van der Waals surface area (Å²) in [4.78, 5) is 6.95. The van der Waals surface area contributed by atoms with E-state index < -0.39 is 0 Å². The van der Waals surface area contributed by atoms with E-state index in [4.69, 9.17) is 21.7 Å². The van der Waals surface area contributed by atoms with Crippen LogP contribution in [0.2, 0.25) is 0 Å². The largest absolute Gasteiger partial charge is 0.376 e. The standard InChI is InChI=1S/C22H28N4O2S/c29-22-24-20(18-8-1-2-10-23-18)21(26(22)15-17-7-5-13-28-17)19-9-3-11-25(19)14-16-6-4-12-27-16/h1-3,8-11,16-17,20-21H,4-7,12-15H2,(H,24,29)/t16-,17-,20-,21-/m0/s1. The van der Waals surface area contributed by atoms with E-state index in [1.807, 2.05) is 18.3 Å². The zero-order valence-electron chi connectivity index (χ0n) is 16.6. The number of rotatable bonds is 6. The first-order valence-corrected chi connectivity index (χ1v) is 11.1. The van der Waals surface area contributed by atoms with Gasteiger partial charge in [0.1, 0.15) is 0 Å². The van der Waals surface area contributed by atoms with Gasteiger partial charge >= 0.3 is 0 Å². The van der Waals surface area contributed by atoms with E-state index >= 15 is 0 Å². The summed E-state index contributed by atoms with van der Waals surface area (Å²) in [5.41, 5.74) is 2.26. The number of aromatic nitrogens is 2. The van der Waals surface area contributed by atoms with Gasteiger partial charge in [-0.15, -0.1) is 0 Å². The molecule has 0 radical (unpaired) electrons. The SMILES string of the molecule is S=C1N[C@@H](c2ccccn2)[C@H](c2cccn2C[C@@H]2CCCO2)N1C[C@@H]1CCCO1. The number of hydrogen-bond donors (Lipinski definition) is 1. The summed E-state index contributed by atoms with van der Waals surface area (Å²) in [5, 5.41) is 4.33. The number of nitrogens with one attached hydrogen (secondary N) is 1. The minimum Gasteiger partial charge on any atom is -0.376 e. The van der Waals surface area contributed by atoms with Gasteiger partial charge in [-0.1, -0.05) is 6.07 Å². The minimum atomic E-state index is 0.0169. The first kappa shape index (κ1) is 19.0. The van der Waals surface area contributed by atoms with E-state index in [9.17, 15) is 0 Å². The van der Waals surface area contributed by atoms with Crippen LogP contribution >= 0.6 is 12.2 Å². The molecular formula is C22H28N4O2S. The molecule has 0 aliphatic carbocycles. The number of thiocarbonyl (C=S) groups is 1. The maximum atomic E-state index is 5.94. The van der Waals surface area contributed by atoms with Crippen molar-refractivity contribution < 1.29 is 9.47 Å². The van der Waals surface area contributed by atoms with Crippen molar-refractivity contribution in [3.63, 3.8) is 0 Å². The minimum absolute atomic E-state index is 0.0169. The summed E-state index contributed by atoms with van der Waals surface area (Å²) in [6.07, 6.45) is 9.05.